The molecule has 2 heterocycles. The highest BCUT2D eigenvalue weighted by Gasteiger charge is 2.13. The van der Waals surface area contributed by atoms with Crippen LogP contribution in [0.15, 0.2) is 40.8 Å². The lowest BCUT2D eigenvalue weighted by Crippen LogP contribution is -2.41. The van der Waals surface area contributed by atoms with Crippen molar-refractivity contribution in [1.82, 2.24) is 10.2 Å². The molecule has 1 aliphatic heterocycles. The summed E-state index contributed by atoms with van der Waals surface area (Å²) < 4.78 is 16.5. The van der Waals surface area contributed by atoms with Crippen molar-refractivity contribution in [3.63, 3.8) is 0 Å². The summed E-state index contributed by atoms with van der Waals surface area (Å²) in [5.74, 6) is 1.23. The number of rotatable bonds is 8. The molecule has 1 amide bonds. The van der Waals surface area contributed by atoms with Crippen molar-refractivity contribution in [2.75, 3.05) is 39.4 Å². The number of ether oxygens (including phenoxy) is 2. The minimum atomic E-state index is -0.236. The van der Waals surface area contributed by atoms with E-state index in [-0.39, 0.29) is 24.1 Å². The van der Waals surface area contributed by atoms with E-state index in [1.54, 1.807) is 36.4 Å². The SMILES string of the molecule is CC(=O)c1ccc(OCc2ccc(C(=O)NCCN3CCOCC3)o2)cc1. The average molecular weight is 372 g/mol. The largest absolute Gasteiger partial charge is 0.486 e. The van der Waals surface area contributed by atoms with Gasteiger partial charge in [-0.25, -0.2) is 0 Å². The van der Waals surface area contributed by atoms with E-state index in [1.807, 2.05) is 0 Å². The number of benzene rings is 1. The molecule has 27 heavy (non-hydrogen) atoms. The third kappa shape index (κ3) is 5.67. The van der Waals surface area contributed by atoms with Crippen LogP contribution in [0.5, 0.6) is 5.75 Å². The van der Waals surface area contributed by atoms with Gasteiger partial charge in [-0.2, -0.15) is 0 Å². The zero-order valence-corrected chi connectivity index (χ0v) is 15.4. The first-order chi connectivity index (χ1) is 13.1. The normalized spacial score (nSPS) is 14.7. The molecule has 7 nitrogen and oxygen atoms in total. The minimum Gasteiger partial charge on any atom is -0.486 e. The predicted molar refractivity (Wildman–Crippen MR) is 99.1 cm³/mol. The predicted octanol–water partition coefficient (Wildman–Crippen LogP) is 2.12. The molecule has 1 fully saturated rings. The second-order valence-electron chi connectivity index (χ2n) is 6.35. The zero-order valence-electron chi connectivity index (χ0n) is 15.4. The van der Waals surface area contributed by atoms with Gasteiger partial charge < -0.3 is 19.2 Å². The van der Waals surface area contributed by atoms with Crippen molar-refractivity contribution in [1.29, 1.82) is 0 Å². The fourth-order valence-electron chi connectivity index (χ4n) is 2.76. The van der Waals surface area contributed by atoms with Crippen LogP contribution in [0, 0.1) is 0 Å². The van der Waals surface area contributed by atoms with E-state index in [1.165, 1.54) is 6.92 Å². The van der Waals surface area contributed by atoms with Gasteiger partial charge in [0.2, 0.25) is 0 Å². The third-order valence-electron chi connectivity index (χ3n) is 4.34. The number of hydrogen-bond acceptors (Lipinski definition) is 6. The maximum Gasteiger partial charge on any atom is 0.287 e. The van der Waals surface area contributed by atoms with E-state index >= 15 is 0 Å². The van der Waals surface area contributed by atoms with Crippen molar-refractivity contribution in [2.24, 2.45) is 0 Å². The van der Waals surface area contributed by atoms with Crippen LogP contribution in [-0.2, 0) is 11.3 Å². The molecule has 1 aromatic carbocycles. The number of nitrogens with one attached hydrogen (secondary N) is 1. The Kier molecular flexibility index (Phi) is 6.62. The van der Waals surface area contributed by atoms with Crippen molar-refractivity contribution < 1.29 is 23.5 Å². The van der Waals surface area contributed by atoms with E-state index in [0.29, 0.717) is 23.6 Å². The number of amides is 1. The second kappa shape index (κ2) is 9.34. The highest BCUT2D eigenvalue weighted by Crippen LogP contribution is 2.16. The van der Waals surface area contributed by atoms with Gasteiger partial charge in [0.05, 0.1) is 13.2 Å². The van der Waals surface area contributed by atoms with Gasteiger partial charge in [0, 0.05) is 31.7 Å². The first-order valence-electron chi connectivity index (χ1n) is 9.02. The molecule has 0 radical (unpaired) electrons. The Morgan fingerprint density at radius 2 is 1.85 bits per heavy atom. The molecule has 144 valence electrons. The quantitative estimate of drug-likeness (QED) is 0.715. The van der Waals surface area contributed by atoms with Crippen LogP contribution >= 0.6 is 0 Å². The van der Waals surface area contributed by atoms with Crippen LogP contribution in [0.25, 0.3) is 0 Å². The van der Waals surface area contributed by atoms with Crippen molar-refractivity contribution >= 4 is 11.7 Å². The second-order valence-corrected chi connectivity index (χ2v) is 6.35. The maximum absolute atomic E-state index is 12.2. The summed E-state index contributed by atoms with van der Waals surface area (Å²) in [6, 6.07) is 10.3. The number of carbonyl (C=O) groups excluding carboxylic acids is 2. The fraction of sp³-hybridized carbons (Fsp3) is 0.400. The Bertz CT molecular complexity index is 763. The first-order valence-corrected chi connectivity index (χ1v) is 9.02. The highest BCUT2D eigenvalue weighted by atomic mass is 16.5. The molecule has 0 spiro atoms. The Balaban J connectivity index is 1.43. The summed E-state index contributed by atoms with van der Waals surface area (Å²) in [7, 11) is 0. The Labute approximate surface area is 158 Å². The number of nitrogens with zero attached hydrogens (tertiary/aromatic N) is 1. The smallest absolute Gasteiger partial charge is 0.287 e. The van der Waals surface area contributed by atoms with Crippen LogP contribution in [0.4, 0.5) is 0 Å². The van der Waals surface area contributed by atoms with Gasteiger partial charge in [-0.1, -0.05) is 0 Å². The number of ketones is 1. The molecular formula is C20H24N2O5. The lowest BCUT2D eigenvalue weighted by molar-refractivity contribution is 0.0382. The summed E-state index contributed by atoms with van der Waals surface area (Å²) in [4.78, 5) is 25.7. The van der Waals surface area contributed by atoms with Gasteiger partial charge in [-0.05, 0) is 43.3 Å². The van der Waals surface area contributed by atoms with Gasteiger partial charge in [-0.3, -0.25) is 14.5 Å². The van der Waals surface area contributed by atoms with Gasteiger partial charge in [0.1, 0.15) is 18.1 Å². The van der Waals surface area contributed by atoms with Crippen molar-refractivity contribution in [3.8, 4) is 5.75 Å². The Morgan fingerprint density at radius 1 is 1.11 bits per heavy atom. The lowest BCUT2D eigenvalue weighted by atomic mass is 10.1. The van der Waals surface area contributed by atoms with Crippen LogP contribution in [-0.4, -0.2) is 56.0 Å². The van der Waals surface area contributed by atoms with Gasteiger partial charge >= 0.3 is 0 Å². The molecule has 1 aliphatic rings. The summed E-state index contributed by atoms with van der Waals surface area (Å²) in [6.45, 7) is 6.36. The van der Waals surface area contributed by atoms with Gasteiger partial charge in [-0.15, -0.1) is 0 Å². The van der Waals surface area contributed by atoms with Gasteiger partial charge in [0.15, 0.2) is 11.5 Å². The van der Waals surface area contributed by atoms with Crippen LogP contribution in [0.2, 0.25) is 0 Å². The van der Waals surface area contributed by atoms with Crippen LogP contribution in [0.3, 0.4) is 0 Å². The first kappa shape index (κ1) is 19.1. The van der Waals surface area contributed by atoms with Crippen molar-refractivity contribution in [2.45, 2.75) is 13.5 Å². The summed E-state index contributed by atoms with van der Waals surface area (Å²) in [5, 5.41) is 2.86. The third-order valence-corrected chi connectivity index (χ3v) is 4.34. The monoisotopic (exact) mass is 372 g/mol. The Hall–Kier alpha value is -2.64. The molecule has 0 unspecified atom stereocenters. The molecule has 1 aromatic heterocycles. The highest BCUT2D eigenvalue weighted by molar-refractivity contribution is 5.94. The van der Waals surface area contributed by atoms with Gasteiger partial charge in [0.25, 0.3) is 5.91 Å². The molecule has 0 aliphatic carbocycles. The fourth-order valence-corrected chi connectivity index (χ4v) is 2.76. The average Bonchev–Trinajstić information content (AvgIpc) is 3.17. The molecule has 7 heteroatoms. The molecule has 2 aromatic rings. The van der Waals surface area contributed by atoms with Crippen LogP contribution < -0.4 is 10.1 Å². The number of carbonyl (C=O) groups is 2. The molecule has 1 N–H and O–H groups in total. The number of morpholine rings is 1. The topological polar surface area (TPSA) is 81.0 Å². The van der Waals surface area contributed by atoms with E-state index in [4.69, 9.17) is 13.9 Å². The molecule has 0 saturated carbocycles. The molecule has 1 saturated heterocycles. The zero-order chi connectivity index (χ0) is 19.1. The molecule has 0 bridgehead atoms. The molecule has 0 atom stereocenters. The molecule has 3 rings (SSSR count). The van der Waals surface area contributed by atoms with E-state index in [2.05, 4.69) is 10.2 Å². The molecular weight excluding hydrogens is 348 g/mol. The summed E-state index contributed by atoms with van der Waals surface area (Å²) in [6.07, 6.45) is 0. The Morgan fingerprint density at radius 3 is 2.56 bits per heavy atom. The maximum atomic E-state index is 12.2. The number of furan rings is 1. The summed E-state index contributed by atoms with van der Waals surface area (Å²) >= 11 is 0. The number of Topliss-reactive ketones (excluding diaryl/α,β-unsaturated/α-hetero) is 1. The van der Waals surface area contributed by atoms with Crippen LogP contribution in [0.1, 0.15) is 33.6 Å². The van der Waals surface area contributed by atoms with E-state index in [9.17, 15) is 9.59 Å². The van der Waals surface area contributed by atoms with E-state index in [0.717, 1.165) is 32.8 Å². The summed E-state index contributed by atoms with van der Waals surface area (Å²) in [5.41, 5.74) is 0.636. The van der Waals surface area contributed by atoms with E-state index < -0.39 is 0 Å². The minimum absolute atomic E-state index is 0.0110. The number of hydrogen-bond donors (Lipinski definition) is 1. The van der Waals surface area contributed by atoms with Crippen molar-refractivity contribution in [3.05, 3.63) is 53.5 Å². The lowest BCUT2D eigenvalue weighted by Gasteiger charge is -2.26. The standard InChI is InChI=1S/C20H24N2O5/c1-15(23)16-2-4-17(5-3-16)26-14-18-6-7-19(27-18)20(24)21-8-9-22-10-12-25-13-11-22/h2-7H,8-14H2,1H3,(H,21,24).